The van der Waals surface area contributed by atoms with E-state index in [0.717, 1.165) is 22.5 Å². The number of amides is 1. The smallest absolute Gasteiger partial charge is 0.256 e. The van der Waals surface area contributed by atoms with E-state index in [4.69, 9.17) is 5.26 Å². The second-order valence-electron chi connectivity index (χ2n) is 4.41. The monoisotopic (exact) mass is 249 g/mol. The van der Waals surface area contributed by atoms with Gasteiger partial charge in [-0.15, -0.1) is 0 Å². The van der Waals surface area contributed by atoms with E-state index < -0.39 is 0 Å². The van der Waals surface area contributed by atoms with Crippen LogP contribution in [0.3, 0.4) is 0 Å². The van der Waals surface area contributed by atoms with Crippen molar-refractivity contribution >= 4 is 22.7 Å². The lowest BCUT2D eigenvalue weighted by atomic mass is 9.98. The van der Waals surface area contributed by atoms with Gasteiger partial charge in [0, 0.05) is 23.1 Å². The number of hydrogen-bond acceptors (Lipinski definition) is 2. The number of nitrogens with one attached hydrogen (secondary N) is 2. The molecule has 0 saturated carbocycles. The van der Waals surface area contributed by atoms with Gasteiger partial charge in [-0.1, -0.05) is 0 Å². The highest BCUT2D eigenvalue weighted by molar-refractivity contribution is 6.36. The van der Waals surface area contributed by atoms with Gasteiger partial charge in [-0.3, -0.25) is 4.79 Å². The van der Waals surface area contributed by atoms with Gasteiger partial charge in [-0.2, -0.15) is 5.26 Å². The van der Waals surface area contributed by atoms with Gasteiger partial charge in [0.05, 0.1) is 17.2 Å². The number of H-pyrrole nitrogens is 1. The highest BCUT2D eigenvalue weighted by Gasteiger charge is 2.26. The van der Waals surface area contributed by atoms with Crippen molar-refractivity contribution in [3.05, 3.63) is 53.3 Å². The summed E-state index contributed by atoms with van der Waals surface area (Å²) in [4.78, 5) is 15.2. The summed E-state index contributed by atoms with van der Waals surface area (Å²) in [5, 5.41) is 11.8. The number of hydrogen-bond donors (Lipinski definition) is 2. The third-order valence-electron chi connectivity index (χ3n) is 3.27. The van der Waals surface area contributed by atoms with Gasteiger partial charge in [-0.25, -0.2) is 0 Å². The molecule has 1 aliphatic rings. The van der Waals surface area contributed by atoms with Crippen LogP contribution in [0, 0.1) is 11.3 Å². The Morgan fingerprint density at radius 1 is 1.32 bits per heavy atom. The number of allylic oxidation sites excluding steroid dienone is 1. The fraction of sp³-hybridized carbons (Fsp3) is 0.0667. The van der Waals surface area contributed by atoms with Gasteiger partial charge in [-0.05, 0) is 42.8 Å². The van der Waals surface area contributed by atoms with E-state index in [1.54, 1.807) is 18.2 Å². The van der Waals surface area contributed by atoms with E-state index in [2.05, 4.69) is 16.4 Å². The van der Waals surface area contributed by atoms with Crippen molar-refractivity contribution in [3.63, 3.8) is 0 Å². The van der Waals surface area contributed by atoms with Crippen LogP contribution in [0.5, 0.6) is 0 Å². The number of aromatic nitrogens is 1. The molecule has 2 aromatic rings. The molecular weight excluding hydrogens is 238 g/mol. The number of fused-ring (bicyclic) bond motifs is 1. The summed E-state index contributed by atoms with van der Waals surface area (Å²) in [6.45, 7) is 1.90. The predicted molar refractivity (Wildman–Crippen MR) is 73.1 cm³/mol. The molecule has 1 aromatic carbocycles. The number of benzene rings is 1. The minimum absolute atomic E-state index is 0.128. The first-order valence-corrected chi connectivity index (χ1v) is 5.91. The van der Waals surface area contributed by atoms with Crippen LogP contribution in [0.25, 0.3) is 11.1 Å². The molecule has 0 unspecified atom stereocenters. The van der Waals surface area contributed by atoms with E-state index in [1.165, 1.54) is 0 Å². The molecule has 4 nitrogen and oxygen atoms in total. The van der Waals surface area contributed by atoms with Crippen molar-refractivity contribution in [2.75, 3.05) is 5.32 Å². The molecule has 4 heteroatoms. The number of nitrogens with zero attached hydrogens (tertiary/aromatic N) is 1. The molecule has 1 aromatic heterocycles. The molecule has 0 saturated heterocycles. The summed E-state index contributed by atoms with van der Waals surface area (Å²) in [6.07, 6.45) is 1.82. The number of nitriles is 1. The van der Waals surface area contributed by atoms with E-state index >= 15 is 0 Å². The standard InChI is InChI=1S/C15H11N3O/c1-9(12-3-2-6-17-12)14-11-7-10(8-16)4-5-13(11)18-15(14)19/h2-7,17H,1H3,(H,18,19)/b14-9+. The molecule has 19 heavy (non-hydrogen) atoms. The molecule has 0 aliphatic carbocycles. The molecule has 0 fully saturated rings. The molecule has 2 heterocycles. The van der Waals surface area contributed by atoms with E-state index in [9.17, 15) is 4.79 Å². The second kappa shape index (κ2) is 4.14. The van der Waals surface area contributed by atoms with Crippen LogP contribution in [0.1, 0.15) is 23.7 Å². The van der Waals surface area contributed by atoms with Crippen LogP contribution in [0.4, 0.5) is 5.69 Å². The third-order valence-corrected chi connectivity index (χ3v) is 3.27. The van der Waals surface area contributed by atoms with Crippen LogP contribution in [0.2, 0.25) is 0 Å². The lowest BCUT2D eigenvalue weighted by Crippen LogP contribution is -2.05. The Morgan fingerprint density at radius 2 is 2.16 bits per heavy atom. The van der Waals surface area contributed by atoms with E-state index in [1.807, 2.05) is 25.3 Å². The fourth-order valence-corrected chi connectivity index (χ4v) is 2.31. The quantitative estimate of drug-likeness (QED) is 0.763. The Hall–Kier alpha value is -2.80. The summed E-state index contributed by atoms with van der Waals surface area (Å²) >= 11 is 0. The average molecular weight is 249 g/mol. The van der Waals surface area contributed by atoms with Crippen LogP contribution in [-0.4, -0.2) is 10.9 Å². The zero-order valence-corrected chi connectivity index (χ0v) is 10.3. The lowest BCUT2D eigenvalue weighted by Gasteiger charge is -2.04. The largest absolute Gasteiger partial charge is 0.361 e. The Kier molecular flexibility index (Phi) is 2.46. The number of carbonyl (C=O) groups is 1. The van der Waals surface area contributed by atoms with E-state index in [-0.39, 0.29) is 5.91 Å². The Labute approximate surface area is 110 Å². The first-order chi connectivity index (χ1) is 9.20. The molecule has 1 amide bonds. The molecular formula is C15H11N3O. The van der Waals surface area contributed by atoms with E-state index in [0.29, 0.717) is 11.1 Å². The zero-order valence-electron chi connectivity index (χ0n) is 10.3. The first kappa shape index (κ1) is 11.3. The fourth-order valence-electron chi connectivity index (χ4n) is 2.31. The number of rotatable bonds is 1. The van der Waals surface area contributed by atoms with Crippen molar-refractivity contribution in [2.45, 2.75) is 6.92 Å². The highest BCUT2D eigenvalue weighted by atomic mass is 16.2. The highest BCUT2D eigenvalue weighted by Crippen LogP contribution is 2.36. The maximum Gasteiger partial charge on any atom is 0.256 e. The van der Waals surface area contributed by atoms with Crippen molar-refractivity contribution in [3.8, 4) is 6.07 Å². The molecule has 0 atom stereocenters. The second-order valence-corrected chi connectivity index (χ2v) is 4.41. The average Bonchev–Trinajstić information content (AvgIpc) is 3.03. The Bertz CT molecular complexity index is 733. The van der Waals surface area contributed by atoms with Crippen molar-refractivity contribution < 1.29 is 4.79 Å². The molecule has 2 N–H and O–H groups in total. The zero-order chi connectivity index (χ0) is 13.4. The number of aromatic amines is 1. The molecule has 0 radical (unpaired) electrons. The number of anilines is 1. The summed E-state index contributed by atoms with van der Waals surface area (Å²) in [7, 11) is 0. The number of carbonyl (C=O) groups excluding carboxylic acids is 1. The van der Waals surface area contributed by atoms with Gasteiger partial charge < -0.3 is 10.3 Å². The minimum Gasteiger partial charge on any atom is -0.361 e. The van der Waals surface area contributed by atoms with Gasteiger partial charge >= 0.3 is 0 Å². The molecule has 3 rings (SSSR count). The van der Waals surface area contributed by atoms with Crippen LogP contribution < -0.4 is 5.32 Å². The van der Waals surface area contributed by atoms with Gasteiger partial charge in [0.15, 0.2) is 0 Å². The Balaban J connectivity index is 2.23. The Morgan fingerprint density at radius 3 is 2.84 bits per heavy atom. The topological polar surface area (TPSA) is 68.7 Å². The predicted octanol–water partition coefficient (Wildman–Crippen LogP) is 2.77. The molecule has 0 spiro atoms. The van der Waals surface area contributed by atoms with Crippen LogP contribution >= 0.6 is 0 Å². The maximum atomic E-state index is 12.1. The van der Waals surface area contributed by atoms with Crippen molar-refractivity contribution in [2.24, 2.45) is 0 Å². The molecule has 1 aliphatic heterocycles. The van der Waals surface area contributed by atoms with Gasteiger partial charge in [0.1, 0.15) is 0 Å². The normalized spacial score (nSPS) is 15.7. The summed E-state index contributed by atoms with van der Waals surface area (Å²) in [5.41, 5.74) is 4.49. The van der Waals surface area contributed by atoms with Gasteiger partial charge in [0.25, 0.3) is 5.91 Å². The SMILES string of the molecule is C/C(=C1\C(=O)Nc2ccc(C#N)cc21)c1ccc[nH]1. The van der Waals surface area contributed by atoms with Crippen LogP contribution in [-0.2, 0) is 4.79 Å². The molecule has 0 bridgehead atoms. The third kappa shape index (κ3) is 1.72. The summed E-state index contributed by atoms with van der Waals surface area (Å²) in [5.74, 6) is -0.128. The summed E-state index contributed by atoms with van der Waals surface area (Å²) in [6, 6.07) is 11.1. The van der Waals surface area contributed by atoms with Crippen LogP contribution in [0.15, 0.2) is 36.5 Å². The first-order valence-electron chi connectivity index (χ1n) is 5.91. The van der Waals surface area contributed by atoms with Crippen molar-refractivity contribution in [1.82, 2.24) is 4.98 Å². The summed E-state index contributed by atoms with van der Waals surface area (Å²) < 4.78 is 0. The van der Waals surface area contributed by atoms with Gasteiger partial charge in [0.2, 0.25) is 0 Å². The maximum absolute atomic E-state index is 12.1. The minimum atomic E-state index is -0.128. The van der Waals surface area contributed by atoms with Crippen molar-refractivity contribution in [1.29, 1.82) is 5.26 Å². The lowest BCUT2D eigenvalue weighted by molar-refractivity contribution is -0.110. The molecule has 92 valence electrons.